The maximum atomic E-state index is 11.6. The third kappa shape index (κ3) is 9.93. The third-order valence-electron chi connectivity index (χ3n) is 5.50. The maximum absolute atomic E-state index is 11.6. The van der Waals surface area contributed by atoms with Crippen LogP contribution in [0.4, 0.5) is 0 Å². The monoisotopic (exact) mass is 442 g/mol. The van der Waals surface area contributed by atoms with Gasteiger partial charge in [-0.15, -0.1) is 0 Å². The molecular weight excluding hydrogens is 407 g/mol. The first kappa shape index (κ1) is 26.0. The quantitative estimate of drug-likeness (QED) is 0.233. The molecule has 0 heterocycles. The van der Waals surface area contributed by atoms with Gasteiger partial charge in [0.1, 0.15) is 5.54 Å². The lowest BCUT2D eigenvalue weighted by molar-refractivity contribution is -0.144. The van der Waals surface area contributed by atoms with Gasteiger partial charge in [-0.2, -0.15) is 0 Å². The van der Waals surface area contributed by atoms with Gasteiger partial charge in [-0.25, -0.2) is 0 Å². The van der Waals surface area contributed by atoms with Crippen molar-refractivity contribution in [2.75, 3.05) is 19.8 Å². The molecule has 0 amide bonds. The number of nitrogens with zero attached hydrogens (tertiary/aromatic N) is 1. The molecule has 0 aliphatic heterocycles. The highest BCUT2D eigenvalue weighted by molar-refractivity contribution is 6.40. The van der Waals surface area contributed by atoms with E-state index in [2.05, 4.69) is 29.2 Å². The van der Waals surface area contributed by atoms with E-state index in [-0.39, 0.29) is 25.8 Å². The van der Waals surface area contributed by atoms with E-state index in [4.69, 9.17) is 20.5 Å². The van der Waals surface area contributed by atoms with E-state index in [0.29, 0.717) is 26.0 Å². The number of carbonyl (C=O) groups is 1. The Morgan fingerprint density at radius 1 is 0.906 bits per heavy atom. The molecule has 8 heteroatoms. The molecule has 0 saturated carbocycles. The molecule has 174 valence electrons. The number of hydrogen-bond donors (Lipinski definition) is 4. The van der Waals surface area contributed by atoms with Crippen LogP contribution in [-0.4, -0.2) is 58.4 Å². The average molecular weight is 442 g/mol. The van der Waals surface area contributed by atoms with E-state index in [1.54, 1.807) is 0 Å². The number of rotatable bonds is 16. The summed E-state index contributed by atoms with van der Waals surface area (Å²) in [6.45, 7) is 3.04. The van der Waals surface area contributed by atoms with Gasteiger partial charge in [0.15, 0.2) is 0 Å². The predicted molar refractivity (Wildman–Crippen MR) is 126 cm³/mol. The summed E-state index contributed by atoms with van der Waals surface area (Å²) in [6, 6.07) is 20.5. The Balaban J connectivity index is 1.80. The summed E-state index contributed by atoms with van der Waals surface area (Å²) in [7, 11) is -1.37. The highest BCUT2D eigenvalue weighted by Crippen LogP contribution is 2.18. The van der Waals surface area contributed by atoms with Crippen molar-refractivity contribution in [3.63, 3.8) is 0 Å². The van der Waals surface area contributed by atoms with Crippen LogP contribution in [0.15, 0.2) is 60.7 Å². The van der Waals surface area contributed by atoms with Crippen LogP contribution < -0.4 is 5.73 Å². The predicted octanol–water partition coefficient (Wildman–Crippen LogP) is 2.52. The fourth-order valence-electron chi connectivity index (χ4n) is 3.55. The lowest BCUT2D eigenvalue weighted by Crippen LogP contribution is -2.48. The van der Waals surface area contributed by atoms with E-state index in [0.717, 1.165) is 13.1 Å². The van der Waals surface area contributed by atoms with Crippen molar-refractivity contribution in [3.05, 3.63) is 71.8 Å². The van der Waals surface area contributed by atoms with Gasteiger partial charge >= 0.3 is 13.1 Å². The zero-order chi connectivity index (χ0) is 23.2. The molecule has 2 aromatic carbocycles. The summed E-state index contributed by atoms with van der Waals surface area (Å²) < 4.78 is 5.76. The van der Waals surface area contributed by atoms with Crippen LogP contribution >= 0.6 is 0 Å². The molecule has 0 aliphatic rings. The lowest BCUT2D eigenvalue weighted by atomic mass is 9.81. The van der Waals surface area contributed by atoms with Gasteiger partial charge in [0.05, 0.1) is 6.61 Å². The minimum absolute atomic E-state index is 0.210. The molecule has 1 unspecified atom stereocenters. The van der Waals surface area contributed by atoms with Crippen molar-refractivity contribution in [1.82, 2.24) is 4.90 Å². The Morgan fingerprint density at radius 2 is 1.47 bits per heavy atom. The standard InChI is InChI=1S/C24H35BN2O5/c26-24(23(28)29,13-7-8-15-25(30)31)14-17-32-18-16-27(19-21-9-3-1-4-10-21)20-22-11-5-2-6-12-22/h1-6,9-12,30-31H,7-8,13-20,26H2,(H,28,29). The molecule has 0 aromatic heterocycles. The lowest BCUT2D eigenvalue weighted by Gasteiger charge is -2.25. The van der Waals surface area contributed by atoms with Gasteiger partial charge < -0.3 is 25.6 Å². The molecule has 0 radical (unpaired) electrons. The molecule has 0 saturated heterocycles. The van der Waals surface area contributed by atoms with Gasteiger partial charge in [-0.3, -0.25) is 9.69 Å². The molecule has 2 aromatic rings. The van der Waals surface area contributed by atoms with Crippen molar-refractivity contribution >= 4 is 13.1 Å². The average Bonchev–Trinajstić information content (AvgIpc) is 2.77. The molecule has 2 rings (SSSR count). The zero-order valence-corrected chi connectivity index (χ0v) is 18.6. The van der Waals surface area contributed by atoms with E-state index in [1.807, 2.05) is 36.4 Å². The van der Waals surface area contributed by atoms with Crippen molar-refractivity contribution in [2.45, 2.75) is 50.6 Å². The fraction of sp³-hybridized carbons (Fsp3) is 0.458. The Bertz CT molecular complexity index is 737. The topological polar surface area (TPSA) is 116 Å². The Kier molecular flexibility index (Phi) is 11.4. The Morgan fingerprint density at radius 3 is 1.97 bits per heavy atom. The van der Waals surface area contributed by atoms with Crippen LogP contribution in [0.5, 0.6) is 0 Å². The second-order valence-electron chi connectivity index (χ2n) is 8.23. The maximum Gasteiger partial charge on any atom is 0.451 e. The summed E-state index contributed by atoms with van der Waals surface area (Å²) in [5.74, 6) is -1.06. The summed E-state index contributed by atoms with van der Waals surface area (Å²) in [4.78, 5) is 13.9. The first-order valence-electron chi connectivity index (χ1n) is 11.2. The van der Waals surface area contributed by atoms with Gasteiger partial charge in [0.2, 0.25) is 0 Å². The number of hydrogen-bond acceptors (Lipinski definition) is 6. The minimum atomic E-state index is -1.37. The van der Waals surface area contributed by atoms with Crippen LogP contribution in [0.3, 0.4) is 0 Å². The summed E-state index contributed by atoms with van der Waals surface area (Å²) in [6.07, 6.45) is 1.72. The van der Waals surface area contributed by atoms with Crippen LogP contribution in [0, 0.1) is 0 Å². The van der Waals surface area contributed by atoms with Crippen molar-refractivity contribution in [3.8, 4) is 0 Å². The largest absolute Gasteiger partial charge is 0.480 e. The van der Waals surface area contributed by atoms with E-state index < -0.39 is 18.6 Å². The molecule has 0 spiro atoms. The van der Waals surface area contributed by atoms with Gasteiger partial charge in [-0.05, 0) is 30.3 Å². The molecule has 5 N–H and O–H groups in total. The second-order valence-corrected chi connectivity index (χ2v) is 8.23. The second kappa shape index (κ2) is 14.0. The third-order valence-corrected chi connectivity index (χ3v) is 5.50. The Hall–Kier alpha value is -2.23. The first-order chi connectivity index (χ1) is 15.4. The highest BCUT2D eigenvalue weighted by Gasteiger charge is 2.33. The minimum Gasteiger partial charge on any atom is -0.480 e. The van der Waals surface area contributed by atoms with Gasteiger partial charge in [0.25, 0.3) is 0 Å². The summed E-state index contributed by atoms with van der Waals surface area (Å²) in [5.41, 5.74) is 7.17. The van der Waals surface area contributed by atoms with Crippen molar-refractivity contribution in [2.24, 2.45) is 5.73 Å². The first-order valence-corrected chi connectivity index (χ1v) is 11.2. The van der Waals surface area contributed by atoms with Gasteiger partial charge in [0, 0.05) is 26.2 Å². The summed E-state index contributed by atoms with van der Waals surface area (Å²) in [5, 5.41) is 27.3. The number of unbranched alkanes of at least 4 members (excludes halogenated alkanes) is 1. The summed E-state index contributed by atoms with van der Waals surface area (Å²) >= 11 is 0. The number of nitrogens with two attached hydrogens (primary N) is 1. The number of benzene rings is 2. The molecule has 0 fully saturated rings. The van der Waals surface area contributed by atoms with E-state index in [9.17, 15) is 9.90 Å². The molecule has 1 atom stereocenters. The number of ether oxygens (including phenoxy) is 1. The van der Waals surface area contributed by atoms with Crippen molar-refractivity contribution in [1.29, 1.82) is 0 Å². The number of carboxylic acids is 1. The van der Waals surface area contributed by atoms with Crippen LogP contribution in [0.2, 0.25) is 6.32 Å². The molecular formula is C24H35BN2O5. The normalized spacial score (nSPS) is 13.1. The number of aliphatic carboxylic acids is 1. The molecule has 0 bridgehead atoms. The zero-order valence-electron chi connectivity index (χ0n) is 18.6. The highest BCUT2D eigenvalue weighted by atomic mass is 16.5. The Labute approximate surface area is 191 Å². The van der Waals surface area contributed by atoms with E-state index in [1.165, 1.54) is 11.1 Å². The molecule has 0 aliphatic carbocycles. The fourth-order valence-corrected chi connectivity index (χ4v) is 3.55. The number of carboxylic acid groups (broad SMARTS) is 1. The van der Waals surface area contributed by atoms with Crippen LogP contribution in [0.1, 0.15) is 36.8 Å². The smallest absolute Gasteiger partial charge is 0.451 e. The van der Waals surface area contributed by atoms with E-state index >= 15 is 0 Å². The van der Waals surface area contributed by atoms with Crippen LogP contribution in [0.25, 0.3) is 0 Å². The van der Waals surface area contributed by atoms with Gasteiger partial charge in [-0.1, -0.05) is 73.5 Å². The van der Waals surface area contributed by atoms with Crippen LogP contribution in [-0.2, 0) is 22.6 Å². The molecule has 7 nitrogen and oxygen atoms in total. The molecule has 32 heavy (non-hydrogen) atoms. The SMILES string of the molecule is NC(CCCCB(O)O)(CCOCCN(Cc1ccccc1)Cc1ccccc1)C(=O)O. The van der Waals surface area contributed by atoms with Crippen molar-refractivity contribution < 1.29 is 24.7 Å².